The highest BCUT2D eigenvalue weighted by molar-refractivity contribution is 6.37. The summed E-state index contributed by atoms with van der Waals surface area (Å²) in [6.45, 7) is 4.29. The van der Waals surface area contributed by atoms with Gasteiger partial charge in [-0.15, -0.1) is 0 Å². The largest absolute Gasteiger partial charge is 0.491 e. The van der Waals surface area contributed by atoms with Crippen molar-refractivity contribution in [2.24, 2.45) is 0 Å². The lowest BCUT2D eigenvalue weighted by atomic mass is 10.1. The zero-order chi connectivity index (χ0) is 16.8. The Hall–Kier alpha value is -1.49. The second-order valence-corrected chi connectivity index (χ2v) is 5.88. The highest BCUT2D eigenvalue weighted by Crippen LogP contribution is 2.34. The molecule has 0 bridgehead atoms. The molecule has 0 aliphatic rings. The Morgan fingerprint density at radius 1 is 0.957 bits per heavy atom. The molecule has 0 aliphatic heterocycles. The molecule has 0 amide bonds. The number of halogens is 1. The van der Waals surface area contributed by atoms with Gasteiger partial charge in [-0.1, -0.05) is 31.5 Å². The molecular formula is C18H23ClO4. The van der Waals surface area contributed by atoms with Crippen LogP contribution in [-0.2, 0) is 0 Å². The minimum absolute atomic E-state index is 0.220. The van der Waals surface area contributed by atoms with E-state index in [0.29, 0.717) is 29.4 Å². The van der Waals surface area contributed by atoms with Crippen molar-refractivity contribution >= 4 is 22.4 Å². The summed E-state index contributed by atoms with van der Waals surface area (Å²) >= 11 is 6.38. The average molecular weight is 339 g/mol. The fourth-order valence-electron chi connectivity index (χ4n) is 2.07. The molecule has 0 spiro atoms. The van der Waals surface area contributed by atoms with Crippen molar-refractivity contribution in [2.75, 3.05) is 13.2 Å². The van der Waals surface area contributed by atoms with Gasteiger partial charge in [0.15, 0.2) is 0 Å². The quantitative estimate of drug-likeness (QED) is 0.768. The molecule has 2 N–H and O–H groups in total. The summed E-state index contributed by atoms with van der Waals surface area (Å²) in [5.41, 5.74) is 0. The smallest absolute Gasteiger partial charge is 0.138 e. The van der Waals surface area contributed by atoms with Gasteiger partial charge in [-0.3, -0.25) is 0 Å². The van der Waals surface area contributed by atoms with E-state index in [1.807, 2.05) is 38.1 Å². The van der Waals surface area contributed by atoms with Crippen LogP contribution in [-0.4, -0.2) is 35.6 Å². The minimum atomic E-state index is -0.498. The van der Waals surface area contributed by atoms with Crippen molar-refractivity contribution in [3.63, 3.8) is 0 Å². The molecule has 2 unspecified atom stereocenters. The summed E-state index contributed by atoms with van der Waals surface area (Å²) in [4.78, 5) is 0. The predicted molar refractivity (Wildman–Crippen MR) is 92.5 cm³/mol. The average Bonchev–Trinajstić information content (AvgIpc) is 2.58. The minimum Gasteiger partial charge on any atom is -0.491 e. The Labute approximate surface area is 141 Å². The summed E-state index contributed by atoms with van der Waals surface area (Å²) in [6.07, 6.45) is 0.330. The van der Waals surface area contributed by atoms with Crippen molar-refractivity contribution in [1.29, 1.82) is 0 Å². The first-order chi connectivity index (χ1) is 11.0. The van der Waals surface area contributed by atoms with Crippen LogP contribution < -0.4 is 9.47 Å². The van der Waals surface area contributed by atoms with E-state index in [1.165, 1.54) is 0 Å². The lowest BCUT2D eigenvalue weighted by Gasteiger charge is -2.14. The first-order valence-corrected chi connectivity index (χ1v) is 8.26. The van der Waals surface area contributed by atoms with Gasteiger partial charge in [0.05, 0.1) is 17.2 Å². The summed E-state index contributed by atoms with van der Waals surface area (Å²) in [6, 6.07) is 9.26. The molecule has 2 rings (SSSR count). The Balaban J connectivity index is 2.15. The molecule has 0 saturated heterocycles. The number of rotatable bonds is 8. The molecule has 126 valence electrons. The molecule has 0 heterocycles. The molecule has 0 aliphatic carbocycles. The molecule has 0 radical (unpaired) electrons. The third-order valence-corrected chi connectivity index (χ3v) is 4.10. The summed E-state index contributed by atoms with van der Waals surface area (Å²) in [5.74, 6) is 1.25. The Morgan fingerprint density at radius 2 is 1.61 bits per heavy atom. The van der Waals surface area contributed by atoms with E-state index in [9.17, 15) is 10.2 Å². The zero-order valence-corrected chi connectivity index (χ0v) is 14.2. The summed E-state index contributed by atoms with van der Waals surface area (Å²) in [5, 5.41) is 21.4. The van der Waals surface area contributed by atoms with Crippen molar-refractivity contribution < 1.29 is 19.7 Å². The van der Waals surface area contributed by atoms with Crippen LogP contribution in [0.25, 0.3) is 10.8 Å². The van der Waals surface area contributed by atoms with Gasteiger partial charge < -0.3 is 19.7 Å². The predicted octanol–water partition coefficient (Wildman–Crippen LogP) is 3.79. The van der Waals surface area contributed by atoms with Crippen LogP contribution in [0.15, 0.2) is 30.3 Å². The van der Waals surface area contributed by atoms with E-state index in [1.54, 1.807) is 6.07 Å². The van der Waals surface area contributed by atoms with Gasteiger partial charge in [-0.25, -0.2) is 0 Å². The van der Waals surface area contributed by atoms with Crippen LogP contribution in [0.5, 0.6) is 11.5 Å². The molecule has 0 fully saturated rings. The number of hydrogen-bond donors (Lipinski definition) is 2. The number of hydrogen-bond acceptors (Lipinski definition) is 4. The van der Waals surface area contributed by atoms with Gasteiger partial charge in [-0.2, -0.15) is 0 Å². The van der Waals surface area contributed by atoms with E-state index < -0.39 is 12.2 Å². The van der Waals surface area contributed by atoms with Gasteiger partial charge in [0.25, 0.3) is 0 Å². The zero-order valence-electron chi connectivity index (χ0n) is 13.5. The van der Waals surface area contributed by atoms with Gasteiger partial charge in [-0.05, 0) is 42.5 Å². The second-order valence-electron chi connectivity index (χ2n) is 5.51. The molecule has 4 nitrogen and oxygen atoms in total. The van der Waals surface area contributed by atoms with Crippen LogP contribution in [0.2, 0.25) is 5.02 Å². The summed E-state index contributed by atoms with van der Waals surface area (Å²) < 4.78 is 11.1. The van der Waals surface area contributed by atoms with Gasteiger partial charge in [0.1, 0.15) is 24.7 Å². The third kappa shape index (κ3) is 4.74. The Morgan fingerprint density at radius 3 is 2.26 bits per heavy atom. The van der Waals surface area contributed by atoms with E-state index in [0.717, 1.165) is 10.8 Å². The first-order valence-electron chi connectivity index (χ1n) is 7.89. The van der Waals surface area contributed by atoms with Gasteiger partial charge >= 0.3 is 0 Å². The SMILES string of the molecule is CCC(O)COc1ccc2c(Cl)c(OCC(O)CC)ccc2c1. The molecule has 0 saturated carbocycles. The number of aliphatic hydroxyl groups excluding tert-OH is 2. The number of ether oxygens (including phenoxy) is 2. The molecule has 2 atom stereocenters. The van der Waals surface area contributed by atoms with Crippen molar-refractivity contribution in [2.45, 2.75) is 38.9 Å². The normalized spacial score (nSPS) is 13.8. The fourth-order valence-corrected chi connectivity index (χ4v) is 2.35. The van der Waals surface area contributed by atoms with Crippen molar-refractivity contribution in [3.8, 4) is 11.5 Å². The topological polar surface area (TPSA) is 58.9 Å². The number of benzene rings is 2. The number of fused-ring (bicyclic) bond motifs is 1. The van der Waals surface area contributed by atoms with E-state index in [-0.39, 0.29) is 13.2 Å². The highest BCUT2D eigenvalue weighted by Gasteiger charge is 2.10. The first kappa shape index (κ1) is 17.9. The second kappa shape index (κ2) is 8.39. The van der Waals surface area contributed by atoms with Gasteiger partial charge in [0, 0.05) is 5.39 Å². The molecule has 0 aromatic heterocycles. The van der Waals surface area contributed by atoms with E-state index in [4.69, 9.17) is 21.1 Å². The lowest BCUT2D eigenvalue weighted by Crippen LogP contribution is -2.16. The van der Waals surface area contributed by atoms with Crippen LogP contribution in [0.1, 0.15) is 26.7 Å². The highest BCUT2D eigenvalue weighted by atomic mass is 35.5. The van der Waals surface area contributed by atoms with Crippen LogP contribution >= 0.6 is 11.6 Å². The standard InChI is InChI=1S/C18H23ClO4/c1-3-13(20)10-22-15-6-7-16-12(9-15)5-8-17(18(16)19)23-11-14(21)4-2/h5-9,13-14,20-21H,3-4,10-11H2,1-2H3. The molecule has 2 aromatic rings. The van der Waals surface area contributed by atoms with Crippen LogP contribution in [0.4, 0.5) is 0 Å². The lowest BCUT2D eigenvalue weighted by molar-refractivity contribution is 0.104. The fraction of sp³-hybridized carbons (Fsp3) is 0.444. The monoisotopic (exact) mass is 338 g/mol. The van der Waals surface area contributed by atoms with Crippen molar-refractivity contribution in [3.05, 3.63) is 35.4 Å². The molecular weight excluding hydrogens is 316 g/mol. The third-order valence-electron chi connectivity index (χ3n) is 3.71. The van der Waals surface area contributed by atoms with E-state index >= 15 is 0 Å². The van der Waals surface area contributed by atoms with Crippen LogP contribution in [0.3, 0.4) is 0 Å². The Kier molecular flexibility index (Phi) is 6.51. The van der Waals surface area contributed by atoms with Crippen molar-refractivity contribution in [1.82, 2.24) is 0 Å². The van der Waals surface area contributed by atoms with E-state index in [2.05, 4.69) is 0 Å². The maximum absolute atomic E-state index is 9.58. The number of aliphatic hydroxyl groups is 2. The van der Waals surface area contributed by atoms with Crippen LogP contribution in [0, 0.1) is 0 Å². The summed E-state index contributed by atoms with van der Waals surface area (Å²) in [7, 11) is 0. The maximum atomic E-state index is 9.58. The Bertz CT molecular complexity index is 644. The van der Waals surface area contributed by atoms with Gasteiger partial charge in [0.2, 0.25) is 0 Å². The molecule has 23 heavy (non-hydrogen) atoms. The molecule has 2 aromatic carbocycles. The maximum Gasteiger partial charge on any atom is 0.138 e. The molecule has 5 heteroatoms.